The van der Waals surface area contributed by atoms with Gasteiger partial charge in [-0.1, -0.05) is 6.07 Å². The number of carbonyl (C=O) groups excluding carboxylic acids is 1. The maximum atomic E-state index is 12.0. The van der Waals surface area contributed by atoms with Crippen molar-refractivity contribution in [1.82, 2.24) is 5.32 Å². The van der Waals surface area contributed by atoms with Gasteiger partial charge in [0.15, 0.2) is 0 Å². The molecule has 0 spiro atoms. The molecule has 122 valence electrons. The molecule has 0 unspecified atom stereocenters. The SMILES string of the molecule is CC(C)(CCO)NC(=O)Nc1cccc(OC2CCCC2)c1. The van der Waals surface area contributed by atoms with E-state index in [2.05, 4.69) is 10.6 Å². The molecular weight excluding hydrogens is 280 g/mol. The van der Waals surface area contributed by atoms with Crippen LogP contribution in [0.25, 0.3) is 0 Å². The molecule has 0 atom stereocenters. The Morgan fingerprint density at radius 3 is 2.77 bits per heavy atom. The summed E-state index contributed by atoms with van der Waals surface area (Å²) >= 11 is 0. The molecule has 2 rings (SSSR count). The van der Waals surface area contributed by atoms with Gasteiger partial charge in [-0.05, 0) is 58.1 Å². The van der Waals surface area contributed by atoms with Crippen molar-refractivity contribution in [1.29, 1.82) is 0 Å². The van der Waals surface area contributed by atoms with Crippen LogP contribution in [0, 0.1) is 0 Å². The molecule has 0 bridgehead atoms. The molecule has 0 aromatic heterocycles. The number of hydrogen-bond donors (Lipinski definition) is 3. The number of ether oxygens (including phenoxy) is 1. The summed E-state index contributed by atoms with van der Waals surface area (Å²) in [5, 5.41) is 14.6. The lowest BCUT2D eigenvalue weighted by molar-refractivity contribution is 0.210. The molecule has 5 nitrogen and oxygen atoms in total. The second kappa shape index (κ2) is 7.49. The molecule has 1 fully saturated rings. The Kier molecular flexibility index (Phi) is 5.66. The molecule has 2 amide bonds. The van der Waals surface area contributed by atoms with Gasteiger partial charge in [0.2, 0.25) is 0 Å². The monoisotopic (exact) mass is 306 g/mol. The highest BCUT2D eigenvalue weighted by Crippen LogP contribution is 2.25. The van der Waals surface area contributed by atoms with Crippen molar-refractivity contribution >= 4 is 11.7 Å². The molecule has 5 heteroatoms. The lowest BCUT2D eigenvalue weighted by atomic mass is 10.0. The number of aliphatic hydroxyl groups is 1. The predicted molar refractivity (Wildman–Crippen MR) is 87.3 cm³/mol. The van der Waals surface area contributed by atoms with Gasteiger partial charge in [-0.15, -0.1) is 0 Å². The van der Waals surface area contributed by atoms with Crippen molar-refractivity contribution in [3.8, 4) is 5.75 Å². The van der Waals surface area contributed by atoms with E-state index in [1.807, 2.05) is 38.1 Å². The third-order valence-electron chi connectivity index (χ3n) is 3.89. The van der Waals surface area contributed by atoms with Crippen LogP contribution in [-0.4, -0.2) is 29.4 Å². The van der Waals surface area contributed by atoms with Crippen molar-refractivity contribution in [3.63, 3.8) is 0 Å². The zero-order chi connectivity index (χ0) is 16.0. The maximum Gasteiger partial charge on any atom is 0.319 e. The highest BCUT2D eigenvalue weighted by Gasteiger charge is 2.20. The fourth-order valence-corrected chi connectivity index (χ4v) is 2.66. The number of amides is 2. The number of hydrogen-bond acceptors (Lipinski definition) is 3. The van der Waals surface area contributed by atoms with Gasteiger partial charge in [0.1, 0.15) is 5.75 Å². The van der Waals surface area contributed by atoms with Gasteiger partial charge >= 0.3 is 6.03 Å². The van der Waals surface area contributed by atoms with Crippen LogP contribution in [0.2, 0.25) is 0 Å². The van der Waals surface area contributed by atoms with Gasteiger partial charge in [0.05, 0.1) is 6.10 Å². The Morgan fingerprint density at radius 2 is 2.09 bits per heavy atom. The van der Waals surface area contributed by atoms with Crippen molar-refractivity contribution in [2.45, 2.75) is 57.6 Å². The number of anilines is 1. The number of benzene rings is 1. The van der Waals surface area contributed by atoms with Crippen molar-refractivity contribution in [2.75, 3.05) is 11.9 Å². The summed E-state index contributed by atoms with van der Waals surface area (Å²) in [5.41, 5.74) is 0.254. The zero-order valence-electron chi connectivity index (χ0n) is 13.4. The quantitative estimate of drug-likeness (QED) is 0.755. The van der Waals surface area contributed by atoms with Gasteiger partial charge in [0, 0.05) is 23.9 Å². The molecule has 0 radical (unpaired) electrons. The zero-order valence-corrected chi connectivity index (χ0v) is 13.4. The molecule has 1 aliphatic carbocycles. The summed E-state index contributed by atoms with van der Waals surface area (Å²) in [4.78, 5) is 12.0. The molecule has 1 aromatic rings. The first-order chi connectivity index (χ1) is 10.5. The molecule has 0 saturated heterocycles. The Morgan fingerprint density at radius 1 is 1.36 bits per heavy atom. The fourth-order valence-electron chi connectivity index (χ4n) is 2.66. The van der Waals surface area contributed by atoms with Crippen molar-refractivity contribution < 1.29 is 14.6 Å². The number of carbonyl (C=O) groups is 1. The second-order valence-electron chi connectivity index (χ2n) is 6.49. The van der Waals surface area contributed by atoms with Crippen LogP contribution >= 0.6 is 0 Å². The summed E-state index contributed by atoms with van der Waals surface area (Å²) in [6.07, 6.45) is 5.47. The van der Waals surface area contributed by atoms with Gasteiger partial charge in [-0.25, -0.2) is 4.79 Å². The van der Waals surface area contributed by atoms with Crippen LogP contribution in [0.15, 0.2) is 24.3 Å². The lowest BCUT2D eigenvalue weighted by Gasteiger charge is -2.25. The first kappa shape index (κ1) is 16.6. The Bertz CT molecular complexity index is 496. The average Bonchev–Trinajstić information content (AvgIpc) is 2.90. The standard InChI is InChI=1S/C17H26N2O3/c1-17(2,10-11-20)19-16(21)18-13-6-5-9-15(12-13)22-14-7-3-4-8-14/h5-6,9,12,14,20H,3-4,7-8,10-11H2,1-2H3,(H2,18,19,21). The topological polar surface area (TPSA) is 70.6 Å². The molecule has 0 heterocycles. The van der Waals surface area contributed by atoms with E-state index in [9.17, 15) is 4.79 Å². The first-order valence-electron chi connectivity index (χ1n) is 7.95. The highest BCUT2D eigenvalue weighted by molar-refractivity contribution is 5.89. The predicted octanol–water partition coefficient (Wildman–Crippen LogP) is 3.29. The molecular formula is C17H26N2O3. The van der Waals surface area contributed by atoms with E-state index >= 15 is 0 Å². The average molecular weight is 306 g/mol. The fraction of sp³-hybridized carbons (Fsp3) is 0.588. The van der Waals surface area contributed by atoms with Crippen LogP contribution in [0.5, 0.6) is 5.75 Å². The molecule has 0 aliphatic heterocycles. The molecule has 1 aromatic carbocycles. The van der Waals surface area contributed by atoms with Crippen LogP contribution < -0.4 is 15.4 Å². The minimum Gasteiger partial charge on any atom is -0.490 e. The number of aliphatic hydroxyl groups excluding tert-OH is 1. The maximum absolute atomic E-state index is 12.0. The Hall–Kier alpha value is -1.75. The third-order valence-corrected chi connectivity index (χ3v) is 3.89. The molecule has 22 heavy (non-hydrogen) atoms. The number of urea groups is 1. The van der Waals surface area contributed by atoms with E-state index in [-0.39, 0.29) is 12.6 Å². The van der Waals surface area contributed by atoms with Crippen molar-refractivity contribution in [3.05, 3.63) is 24.3 Å². The Balaban J connectivity index is 1.90. The summed E-state index contributed by atoms with van der Waals surface area (Å²) in [6, 6.07) is 7.18. The summed E-state index contributed by atoms with van der Waals surface area (Å²) in [7, 11) is 0. The summed E-state index contributed by atoms with van der Waals surface area (Å²) in [6.45, 7) is 3.79. The van der Waals surface area contributed by atoms with E-state index in [0.717, 1.165) is 18.6 Å². The van der Waals surface area contributed by atoms with E-state index in [1.54, 1.807) is 0 Å². The molecule has 3 N–H and O–H groups in total. The van der Waals surface area contributed by atoms with Crippen LogP contribution in [0.1, 0.15) is 46.0 Å². The first-order valence-corrected chi connectivity index (χ1v) is 7.95. The van der Waals surface area contributed by atoms with Crippen molar-refractivity contribution in [2.24, 2.45) is 0 Å². The minimum absolute atomic E-state index is 0.0397. The van der Waals surface area contributed by atoms with Gasteiger partial charge < -0.3 is 20.5 Å². The van der Waals surface area contributed by atoms with Crippen LogP contribution in [0.3, 0.4) is 0 Å². The van der Waals surface area contributed by atoms with E-state index in [1.165, 1.54) is 12.8 Å². The number of nitrogens with one attached hydrogen (secondary N) is 2. The highest BCUT2D eigenvalue weighted by atomic mass is 16.5. The van der Waals surface area contributed by atoms with Gasteiger partial charge in [-0.2, -0.15) is 0 Å². The smallest absolute Gasteiger partial charge is 0.319 e. The normalized spacial score (nSPS) is 15.6. The van der Waals surface area contributed by atoms with Crippen LogP contribution in [-0.2, 0) is 0 Å². The largest absolute Gasteiger partial charge is 0.490 e. The lowest BCUT2D eigenvalue weighted by Crippen LogP contribution is -2.46. The van der Waals surface area contributed by atoms with E-state index in [4.69, 9.17) is 9.84 Å². The van der Waals surface area contributed by atoms with Gasteiger partial charge in [-0.3, -0.25) is 0 Å². The van der Waals surface area contributed by atoms with Gasteiger partial charge in [0.25, 0.3) is 0 Å². The second-order valence-corrected chi connectivity index (χ2v) is 6.49. The molecule has 1 saturated carbocycles. The van der Waals surface area contributed by atoms with Crippen LogP contribution in [0.4, 0.5) is 10.5 Å². The third kappa shape index (κ3) is 5.22. The summed E-state index contributed by atoms with van der Waals surface area (Å²) in [5.74, 6) is 0.791. The Labute approximate surface area is 132 Å². The van der Waals surface area contributed by atoms with E-state index < -0.39 is 5.54 Å². The summed E-state index contributed by atoms with van der Waals surface area (Å²) < 4.78 is 5.93. The number of rotatable bonds is 6. The molecule has 1 aliphatic rings. The van der Waals surface area contributed by atoms with E-state index in [0.29, 0.717) is 18.2 Å². The minimum atomic E-state index is -0.448.